The third-order valence-electron chi connectivity index (χ3n) is 6.30. The number of aliphatic imine (C=N–C) groups is 1. The molecule has 1 aromatic heterocycles. The Kier molecular flexibility index (Phi) is 7.70. The Morgan fingerprint density at radius 2 is 1.84 bits per heavy atom. The standard InChI is InChI=1S/C30H28N4O3S/c1-3-37-29(36)26-27(22-9-5-4-6-10-22)33-30-34(28(26)23-13-11-20(2)12-14-23)24(19-38-30)16-25(35)32-18-21-8-7-15-31-17-21/h4-15,17,19,28H,3,16,18H2,1-2H3,(H,32,35)/t28-/m1/s1. The van der Waals surface area contributed by atoms with Crippen LogP contribution in [0.4, 0.5) is 0 Å². The summed E-state index contributed by atoms with van der Waals surface area (Å²) in [6.07, 6.45) is 3.58. The van der Waals surface area contributed by atoms with Gasteiger partial charge in [0.15, 0.2) is 5.17 Å². The van der Waals surface area contributed by atoms with Crippen LogP contribution in [0.5, 0.6) is 0 Å². The van der Waals surface area contributed by atoms with Crippen molar-refractivity contribution in [2.75, 3.05) is 6.61 Å². The fraction of sp³-hybridized carbons (Fsp3) is 0.200. The number of fused-ring (bicyclic) bond motifs is 1. The van der Waals surface area contributed by atoms with E-state index in [4.69, 9.17) is 9.73 Å². The number of amides is 1. The highest BCUT2D eigenvalue weighted by molar-refractivity contribution is 8.16. The molecule has 0 bridgehead atoms. The molecule has 1 N–H and O–H groups in total. The van der Waals surface area contributed by atoms with E-state index in [-0.39, 0.29) is 18.9 Å². The predicted molar refractivity (Wildman–Crippen MR) is 150 cm³/mol. The SMILES string of the molecule is CCOC(=O)C1=C(c2ccccc2)N=C2SC=C(CC(=O)NCc3cccnc3)N2[C@@H]1c1ccc(C)cc1. The lowest BCUT2D eigenvalue weighted by Crippen LogP contribution is -2.38. The second kappa shape index (κ2) is 11.5. The zero-order valence-electron chi connectivity index (χ0n) is 21.3. The number of aryl methyl sites for hydroxylation is 1. The van der Waals surface area contributed by atoms with E-state index in [1.807, 2.05) is 84.0 Å². The van der Waals surface area contributed by atoms with Crippen LogP contribution in [0.1, 0.15) is 41.6 Å². The summed E-state index contributed by atoms with van der Waals surface area (Å²) in [5.41, 5.74) is 5.61. The third-order valence-corrected chi connectivity index (χ3v) is 7.19. The van der Waals surface area contributed by atoms with E-state index in [1.165, 1.54) is 11.8 Å². The zero-order valence-corrected chi connectivity index (χ0v) is 22.1. The summed E-state index contributed by atoms with van der Waals surface area (Å²) < 4.78 is 5.56. The van der Waals surface area contributed by atoms with Crippen molar-refractivity contribution in [1.29, 1.82) is 0 Å². The Hall–Kier alpha value is -4.17. The summed E-state index contributed by atoms with van der Waals surface area (Å²) >= 11 is 1.46. The van der Waals surface area contributed by atoms with Gasteiger partial charge in [0.1, 0.15) is 0 Å². The first kappa shape index (κ1) is 25.5. The third kappa shape index (κ3) is 5.40. The number of hydrogen-bond acceptors (Lipinski definition) is 7. The maximum absolute atomic E-state index is 13.5. The van der Waals surface area contributed by atoms with Crippen molar-refractivity contribution in [3.8, 4) is 0 Å². The summed E-state index contributed by atoms with van der Waals surface area (Å²) in [6, 6.07) is 21.0. The average molecular weight is 525 g/mol. The predicted octanol–water partition coefficient (Wildman–Crippen LogP) is 5.37. The number of aromatic nitrogens is 1. The van der Waals surface area contributed by atoms with Crippen LogP contribution < -0.4 is 5.32 Å². The molecule has 0 fully saturated rings. The molecule has 7 nitrogen and oxygen atoms in total. The summed E-state index contributed by atoms with van der Waals surface area (Å²) in [5.74, 6) is -0.544. The molecule has 38 heavy (non-hydrogen) atoms. The smallest absolute Gasteiger partial charge is 0.338 e. The molecule has 1 atom stereocenters. The van der Waals surface area contributed by atoms with Crippen LogP contribution in [0.25, 0.3) is 5.70 Å². The first-order valence-corrected chi connectivity index (χ1v) is 13.4. The number of thioether (sulfide) groups is 1. The van der Waals surface area contributed by atoms with Gasteiger partial charge in [-0.25, -0.2) is 9.79 Å². The first-order chi connectivity index (χ1) is 18.5. The Labute approximate surface area is 226 Å². The molecule has 1 amide bonds. The van der Waals surface area contributed by atoms with Crippen molar-refractivity contribution in [2.45, 2.75) is 32.9 Å². The van der Waals surface area contributed by atoms with Crippen LogP contribution in [-0.4, -0.2) is 33.5 Å². The zero-order chi connectivity index (χ0) is 26.5. The minimum absolute atomic E-state index is 0.125. The van der Waals surface area contributed by atoms with Gasteiger partial charge in [0.05, 0.1) is 30.3 Å². The molecule has 3 aromatic rings. The van der Waals surface area contributed by atoms with Crippen molar-refractivity contribution < 1.29 is 14.3 Å². The molecular weight excluding hydrogens is 496 g/mol. The van der Waals surface area contributed by atoms with E-state index in [0.29, 0.717) is 17.8 Å². The van der Waals surface area contributed by atoms with Gasteiger partial charge in [-0.3, -0.25) is 9.78 Å². The molecule has 3 heterocycles. The molecule has 2 aliphatic rings. The number of carbonyl (C=O) groups is 2. The highest BCUT2D eigenvalue weighted by Crippen LogP contribution is 2.47. The average Bonchev–Trinajstić information content (AvgIpc) is 3.34. The second-order valence-corrected chi connectivity index (χ2v) is 9.80. The summed E-state index contributed by atoms with van der Waals surface area (Å²) in [5, 5.41) is 5.64. The molecule has 2 aliphatic heterocycles. The van der Waals surface area contributed by atoms with E-state index < -0.39 is 12.0 Å². The van der Waals surface area contributed by atoms with Gasteiger partial charge in [0, 0.05) is 30.2 Å². The van der Waals surface area contributed by atoms with Crippen molar-refractivity contribution >= 4 is 34.5 Å². The number of pyridine rings is 1. The number of amidine groups is 1. The first-order valence-electron chi connectivity index (χ1n) is 12.5. The van der Waals surface area contributed by atoms with E-state index >= 15 is 0 Å². The Morgan fingerprint density at radius 3 is 2.55 bits per heavy atom. The summed E-state index contributed by atoms with van der Waals surface area (Å²) in [4.78, 5) is 37.5. The quantitative estimate of drug-likeness (QED) is 0.399. The number of benzene rings is 2. The molecule has 0 radical (unpaired) electrons. The maximum Gasteiger partial charge on any atom is 0.338 e. The fourth-order valence-corrected chi connectivity index (χ4v) is 5.40. The van der Waals surface area contributed by atoms with Crippen LogP contribution in [0, 0.1) is 6.92 Å². The van der Waals surface area contributed by atoms with Gasteiger partial charge < -0.3 is 15.0 Å². The Bertz CT molecular complexity index is 1420. The lowest BCUT2D eigenvalue weighted by molar-refractivity contribution is -0.139. The molecule has 0 saturated heterocycles. The van der Waals surface area contributed by atoms with Gasteiger partial charge in [0.2, 0.25) is 5.91 Å². The molecule has 192 valence electrons. The van der Waals surface area contributed by atoms with Gasteiger partial charge in [-0.2, -0.15) is 0 Å². The monoisotopic (exact) mass is 524 g/mol. The van der Waals surface area contributed by atoms with Gasteiger partial charge >= 0.3 is 5.97 Å². The van der Waals surface area contributed by atoms with Crippen LogP contribution >= 0.6 is 11.8 Å². The second-order valence-electron chi connectivity index (χ2n) is 8.97. The molecule has 0 aliphatic carbocycles. The molecular formula is C30H28N4O3S. The lowest BCUT2D eigenvalue weighted by Gasteiger charge is -2.36. The molecule has 0 unspecified atom stereocenters. The number of esters is 1. The van der Waals surface area contributed by atoms with Crippen LogP contribution in [-0.2, 0) is 20.9 Å². The molecule has 0 spiro atoms. The number of ether oxygens (including phenoxy) is 1. The van der Waals surface area contributed by atoms with Gasteiger partial charge in [0.25, 0.3) is 0 Å². The minimum Gasteiger partial charge on any atom is -0.463 e. The van der Waals surface area contributed by atoms with Crippen LogP contribution in [0.2, 0.25) is 0 Å². The van der Waals surface area contributed by atoms with E-state index in [9.17, 15) is 9.59 Å². The molecule has 0 saturated carbocycles. The molecule has 8 heteroatoms. The summed E-state index contributed by atoms with van der Waals surface area (Å²) in [7, 11) is 0. The maximum atomic E-state index is 13.5. The van der Waals surface area contributed by atoms with Crippen molar-refractivity contribution in [3.63, 3.8) is 0 Å². The number of hydrogen-bond donors (Lipinski definition) is 1. The normalized spacial score (nSPS) is 16.5. The number of carbonyl (C=O) groups excluding carboxylic acids is 2. The highest BCUT2D eigenvalue weighted by Gasteiger charge is 2.42. The van der Waals surface area contributed by atoms with Crippen molar-refractivity contribution in [1.82, 2.24) is 15.2 Å². The Balaban J connectivity index is 1.52. The number of nitrogens with one attached hydrogen (secondary N) is 1. The van der Waals surface area contributed by atoms with Crippen LogP contribution in [0.3, 0.4) is 0 Å². The van der Waals surface area contributed by atoms with Crippen LogP contribution in [0.15, 0.2) is 101 Å². The van der Waals surface area contributed by atoms with Gasteiger partial charge in [-0.1, -0.05) is 78.0 Å². The van der Waals surface area contributed by atoms with Crippen molar-refractivity contribution in [2.24, 2.45) is 4.99 Å². The van der Waals surface area contributed by atoms with Gasteiger partial charge in [-0.05, 0) is 36.4 Å². The topological polar surface area (TPSA) is 83.9 Å². The van der Waals surface area contributed by atoms with E-state index in [1.54, 1.807) is 19.3 Å². The molecule has 5 rings (SSSR count). The number of nitrogens with zero attached hydrogens (tertiary/aromatic N) is 3. The largest absolute Gasteiger partial charge is 0.463 e. The van der Waals surface area contributed by atoms with E-state index in [0.717, 1.165) is 33.1 Å². The summed E-state index contributed by atoms with van der Waals surface area (Å²) in [6.45, 7) is 4.46. The van der Waals surface area contributed by atoms with Crippen molar-refractivity contribution in [3.05, 3.63) is 118 Å². The minimum atomic E-state index is -0.496. The fourth-order valence-electron chi connectivity index (χ4n) is 4.48. The highest BCUT2D eigenvalue weighted by atomic mass is 32.2. The molecule has 2 aromatic carbocycles. The number of rotatable bonds is 8. The van der Waals surface area contributed by atoms with Gasteiger partial charge in [-0.15, -0.1) is 0 Å². The Morgan fingerprint density at radius 1 is 1.05 bits per heavy atom. The van der Waals surface area contributed by atoms with E-state index in [2.05, 4.69) is 10.3 Å². The lowest BCUT2D eigenvalue weighted by atomic mass is 9.91.